The lowest BCUT2D eigenvalue weighted by atomic mass is 10.2. The molecule has 2 rings (SSSR count). The van der Waals surface area contributed by atoms with E-state index in [0.29, 0.717) is 27.7 Å². The molecule has 0 amide bonds. The number of rotatable bonds is 4. The number of carbonyl (C=O) groups excluding carboxylic acids is 1. The summed E-state index contributed by atoms with van der Waals surface area (Å²) in [6.07, 6.45) is 0. The van der Waals surface area contributed by atoms with E-state index >= 15 is 0 Å². The largest absolute Gasteiger partial charge is 0.397 e. The molecule has 100 valence electrons. The van der Waals surface area contributed by atoms with Gasteiger partial charge in [0.2, 0.25) is 0 Å². The number of hydrogen-bond donors (Lipinski definition) is 2. The van der Waals surface area contributed by atoms with Crippen molar-refractivity contribution in [2.24, 2.45) is 0 Å². The number of hydrogen-bond acceptors (Lipinski definition) is 4. The molecule has 0 aliphatic heterocycles. The summed E-state index contributed by atoms with van der Waals surface area (Å²) >= 11 is 1.24. The van der Waals surface area contributed by atoms with E-state index in [0.717, 1.165) is 12.1 Å². The molecule has 0 unspecified atom stereocenters. The molecular weight excluding hydrogens is 270 g/mol. The van der Waals surface area contributed by atoms with Gasteiger partial charge in [-0.25, -0.2) is 8.78 Å². The summed E-state index contributed by atoms with van der Waals surface area (Å²) in [5, 5.41) is 3.74. The normalized spacial score (nSPS) is 10.5. The average molecular weight is 282 g/mol. The first kappa shape index (κ1) is 13.5. The lowest BCUT2D eigenvalue weighted by Crippen LogP contribution is -1.98. The van der Waals surface area contributed by atoms with Crippen LogP contribution in [0.2, 0.25) is 0 Å². The van der Waals surface area contributed by atoms with E-state index in [-0.39, 0.29) is 5.78 Å². The van der Waals surface area contributed by atoms with Gasteiger partial charge in [-0.15, -0.1) is 11.3 Å². The SMILES string of the molecule is CC(=O)c1sc(NCc2ccc(F)c(F)c2)cc1N. The fraction of sp³-hybridized carbons (Fsp3) is 0.154. The van der Waals surface area contributed by atoms with E-state index in [1.807, 2.05) is 0 Å². The van der Waals surface area contributed by atoms with Gasteiger partial charge in [-0.1, -0.05) is 6.07 Å². The van der Waals surface area contributed by atoms with Gasteiger partial charge in [0.05, 0.1) is 15.6 Å². The van der Waals surface area contributed by atoms with Gasteiger partial charge in [0.25, 0.3) is 0 Å². The Bertz CT molecular complexity index is 625. The van der Waals surface area contributed by atoms with Crippen molar-refractivity contribution in [1.29, 1.82) is 0 Å². The van der Waals surface area contributed by atoms with E-state index in [9.17, 15) is 13.6 Å². The van der Waals surface area contributed by atoms with Crippen molar-refractivity contribution >= 4 is 27.8 Å². The third-order valence-electron chi connectivity index (χ3n) is 2.53. The third kappa shape index (κ3) is 3.08. The maximum Gasteiger partial charge on any atom is 0.171 e. The predicted molar refractivity (Wildman–Crippen MR) is 72.4 cm³/mol. The highest BCUT2D eigenvalue weighted by Gasteiger charge is 2.10. The van der Waals surface area contributed by atoms with E-state index in [2.05, 4.69) is 5.32 Å². The average Bonchev–Trinajstić information content (AvgIpc) is 2.72. The van der Waals surface area contributed by atoms with E-state index in [1.165, 1.54) is 24.3 Å². The zero-order valence-electron chi connectivity index (χ0n) is 10.2. The van der Waals surface area contributed by atoms with Crippen molar-refractivity contribution in [3.8, 4) is 0 Å². The van der Waals surface area contributed by atoms with Gasteiger partial charge in [-0.3, -0.25) is 4.79 Å². The van der Waals surface area contributed by atoms with Crippen molar-refractivity contribution < 1.29 is 13.6 Å². The van der Waals surface area contributed by atoms with Gasteiger partial charge in [-0.2, -0.15) is 0 Å². The fourth-order valence-corrected chi connectivity index (χ4v) is 2.48. The molecule has 0 saturated carbocycles. The molecule has 1 aromatic carbocycles. The minimum atomic E-state index is -0.880. The second-order valence-electron chi connectivity index (χ2n) is 4.05. The monoisotopic (exact) mass is 282 g/mol. The molecular formula is C13H12F2N2OS. The summed E-state index contributed by atoms with van der Waals surface area (Å²) < 4.78 is 25.8. The van der Waals surface area contributed by atoms with Gasteiger partial charge in [-0.05, 0) is 23.8 Å². The minimum Gasteiger partial charge on any atom is -0.397 e. The standard InChI is InChI=1S/C13H12F2N2OS/c1-7(18)13-11(16)5-12(19-13)17-6-8-2-3-9(14)10(15)4-8/h2-5,17H,6,16H2,1H3. The minimum absolute atomic E-state index is 0.0941. The molecule has 0 aliphatic carbocycles. The predicted octanol–water partition coefficient (Wildman–Crippen LogP) is 3.42. The lowest BCUT2D eigenvalue weighted by molar-refractivity contribution is 0.102. The van der Waals surface area contributed by atoms with Crippen LogP contribution in [-0.2, 0) is 6.54 Å². The highest BCUT2D eigenvalue weighted by atomic mass is 32.1. The summed E-state index contributed by atoms with van der Waals surface area (Å²) in [7, 11) is 0. The summed E-state index contributed by atoms with van der Waals surface area (Å²) in [5.74, 6) is -1.85. The first-order valence-corrected chi connectivity index (χ1v) is 6.37. The number of Topliss-reactive ketones (excluding diaryl/α,β-unsaturated/α-hetero) is 1. The Kier molecular flexibility index (Phi) is 3.80. The number of nitrogen functional groups attached to an aromatic ring is 1. The van der Waals surface area contributed by atoms with Crippen LogP contribution in [0.3, 0.4) is 0 Å². The van der Waals surface area contributed by atoms with Gasteiger partial charge in [0.1, 0.15) is 0 Å². The smallest absolute Gasteiger partial charge is 0.171 e. The van der Waals surface area contributed by atoms with Crippen molar-refractivity contribution in [2.45, 2.75) is 13.5 Å². The molecule has 19 heavy (non-hydrogen) atoms. The molecule has 0 radical (unpaired) electrons. The number of carbonyl (C=O) groups is 1. The Balaban J connectivity index is 2.08. The Morgan fingerprint density at radius 1 is 1.32 bits per heavy atom. The molecule has 0 bridgehead atoms. The molecule has 0 aliphatic rings. The zero-order valence-corrected chi connectivity index (χ0v) is 11.0. The van der Waals surface area contributed by atoms with Crippen LogP contribution in [0.4, 0.5) is 19.5 Å². The summed E-state index contributed by atoms with van der Waals surface area (Å²) in [5.41, 5.74) is 6.72. The molecule has 3 nitrogen and oxygen atoms in total. The van der Waals surface area contributed by atoms with E-state index in [4.69, 9.17) is 5.73 Å². The van der Waals surface area contributed by atoms with Crippen LogP contribution in [0.5, 0.6) is 0 Å². The molecule has 0 fully saturated rings. The topological polar surface area (TPSA) is 55.1 Å². The van der Waals surface area contributed by atoms with Crippen LogP contribution in [0.15, 0.2) is 24.3 Å². The molecule has 0 atom stereocenters. The zero-order chi connectivity index (χ0) is 14.0. The van der Waals surface area contributed by atoms with Crippen LogP contribution in [0, 0.1) is 11.6 Å². The molecule has 3 N–H and O–H groups in total. The quantitative estimate of drug-likeness (QED) is 0.845. The molecule has 6 heteroatoms. The lowest BCUT2D eigenvalue weighted by Gasteiger charge is -2.04. The third-order valence-corrected chi connectivity index (χ3v) is 3.74. The Labute approximate surface area is 113 Å². The van der Waals surface area contributed by atoms with Crippen molar-refractivity contribution in [3.05, 3.63) is 46.3 Å². The van der Waals surface area contributed by atoms with Crippen molar-refractivity contribution in [2.75, 3.05) is 11.1 Å². The van der Waals surface area contributed by atoms with Crippen molar-refractivity contribution in [3.63, 3.8) is 0 Å². The number of halogens is 2. The van der Waals surface area contributed by atoms with Gasteiger partial charge in [0.15, 0.2) is 17.4 Å². The maximum atomic E-state index is 13.0. The number of thiophene rings is 1. The van der Waals surface area contributed by atoms with Gasteiger partial charge in [0, 0.05) is 13.5 Å². The second kappa shape index (κ2) is 5.36. The Morgan fingerprint density at radius 2 is 2.05 bits per heavy atom. The summed E-state index contributed by atoms with van der Waals surface area (Å²) in [4.78, 5) is 11.7. The van der Waals surface area contributed by atoms with Gasteiger partial charge >= 0.3 is 0 Å². The van der Waals surface area contributed by atoms with Crippen LogP contribution in [-0.4, -0.2) is 5.78 Å². The van der Waals surface area contributed by atoms with Crippen LogP contribution < -0.4 is 11.1 Å². The fourth-order valence-electron chi connectivity index (χ4n) is 1.61. The highest BCUT2D eigenvalue weighted by molar-refractivity contribution is 7.18. The Hall–Kier alpha value is -1.95. The van der Waals surface area contributed by atoms with Crippen LogP contribution in [0.1, 0.15) is 22.2 Å². The molecule has 1 aromatic heterocycles. The number of anilines is 2. The van der Waals surface area contributed by atoms with Crippen LogP contribution >= 0.6 is 11.3 Å². The number of nitrogens with one attached hydrogen (secondary N) is 1. The van der Waals surface area contributed by atoms with Crippen molar-refractivity contribution in [1.82, 2.24) is 0 Å². The maximum absolute atomic E-state index is 13.0. The van der Waals surface area contributed by atoms with E-state index in [1.54, 1.807) is 6.07 Å². The molecule has 0 spiro atoms. The highest BCUT2D eigenvalue weighted by Crippen LogP contribution is 2.29. The van der Waals surface area contributed by atoms with Gasteiger partial charge < -0.3 is 11.1 Å². The van der Waals surface area contributed by atoms with Crippen LogP contribution in [0.25, 0.3) is 0 Å². The Morgan fingerprint density at radius 3 is 2.63 bits per heavy atom. The first-order chi connectivity index (χ1) is 8.97. The number of benzene rings is 1. The second-order valence-corrected chi connectivity index (χ2v) is 5.11. The molecule has 0 saturated heterocycles. The van der Waals surface area contributed by atoms with E-state index < -0.39 is 11.6 Å². The summed E-state index contributed by atoms with van der Waals surface area (Å²) in [6, 6.07) is 5.36. The number of ketones is 1. The molecule has 1 heterocycles. The first-order valence-electron chi connectivity index (χ1n) is 5.55. The molecule has 2 aromatic rings. The number of nitrogens with two attached hydrogens (primary N) is 1. The summed E-state index contributed by atoms with van der Waals surface area (Å²) in [6.45, 7) is 1.77.